The first-order chi connectivity index (χ1) is 11.8. The molecular weight excluding hydrogens is 300 g/mol. The van der Waals surface area contributed by atoms with Gasteiger partial charge < -0.3 is 9.64 Å². The first kappa shape index (κ1) is 13.9. The number of aryl methyl sites for hydroxylation is 1. The maximum atomic E-state index is 5.66. The number of morpholine rings is 1. The fourth-order valence-electron chi connectivity index (χ4n) is 3.73. The molecule has 2 aliphatic rings. The fraction of sp³-hybridized carbons (Fsp3) is 0.316. The second kappa shape index (κ2) is 5.24. The largest absolute Gasteiger partial charge is 0.374 e. The van der Waals surface area contributed by atoms with Gasteiger partial charge in [0.1, 0.15) is 5.82 Å². The average Bonchev–Trinajstić information content (AvgIpc) is 3.25. The Kier molecular flexibility index (Phi) is 3.03. The number of anilines is 1. The minimum atomic E-state index is 0.378. The third kappa shape index (κ3) is 2.16. The number of fused-ring (bicyclic) bond motifs is 3. The van der Waals surface area contributed by atoms with Crippen LogP contribution in [0.3, 0.4) is 0 Å². The van der Waals surface area contributed by atoms with Crippen LogP contribution in [0.25, 0.3) is 22.3 Å². The Morgan fingerprint density at radius 1 is 1.12 bits per heavy atom. The van der Waals surface area contributed by atoms with Gasteiger partial charge in [-0.1, -0.05) is 18.2 Å². The van der Waals surface area contributed by atoms with Crippen molar-refractivity contribution in [2.45, 2.75) is 25.5 Å². The molecule has 0 spiro atoms. The van der Waals surface area contributed by atoms with Crippen molar-refractivity contribution in [3.8, 4) is 11.4 Å². The van der Waals surface area contributed by atoms with E-state index in [1.807, 2.05) is 31.3 Å². The lowest BCUT2D eigenvalue weighted by atomic mass is 10.1. The van der Waals surface area contributed by atoms with Gasteiger partial charge in [0.25, 0.3) is 0 Å². The van der Waals surface area contributed by atoms with Crippen LogP contribution >= 0.6 is 0 Å². The molecule has 5 nitrogen and oxygen atoms in total. The van der Waals surface area contributed by atoms with Crippen molar-refractivity contribution in [3.63, 3.8) is 0 Å². The Balaban J connectivity index is 1.49. The molecule has 2 aliphatic heterocycles. The van der Waals surface area contributed by atoms with Gasteiger partial charge in [-0.2, -0.15) is 0 Å². The number of benzene rings is 1. The van der Waals surface area contributed by atoms with E-state index in [1.54, 1.807) is 0 Å². The Bertz CT molecular complexity index is 909. The Labute approximate surface area is 140 Å². The van der Waals surface area contributed by atoms with Gasteiger partial charge in [0.15, 0.2) is 5.82 Å². The highest BCUT2D eigenvalue weighted by atomic mass is 16.5. The van der Waals surface area contributed by atoms with Crippen molar-refractivity contribution < 1.29 is 4.74 Å². The lowest BCUT2D eigenvalue weighted by Crippen LogP contribution is -2.37. The monoisotopic (exact) mass is 318 g/mol. The highest BCUT2D eigenvalue weighted by molar-refractivity contribution is 5.82. The summed E-state index contributed by atoms with van der Waals surface area (Å²) in [6.07, 6.45) is 3.38. The van der Waals surface area contributed by atoms with E-state index in [4.69, 9.17) is 4.74 Å². The summed E-state index contributed by atoms with van der Waals surface area (Å²) in [7, 11) is 0. The predicted octanol–water partition coefficient (Wildman–Crippen LogP) is 2.98. The second-order valence-electron chi connectivity index (χ2n) is 6.55. The number of rotatable bonds is 2. The molecule has 0 N–H and O–H groups in total. The van der Waals surface area contributed by atoms with Crippen LogP contribution in [-0.4, -0.2) is 40.2 Å². The summed E-state index contributed by atoms with van der Waals surface area (Å²) < 4.78 is 5.66. The Morgan fingerprint density at radius 2 is 2.04 bits per heavy atom. The zero-order chi connectivity index (χ0) is 16.1. The zero-order valence-corrected chi connectivity index (χ0v) is 13.5. The van der Waals surface area contributed by atoms with Gasteiger partial charge in [0.2, 0.25) is 0 Å². The molecule has 2 atom stereocenters. The van der Waals surface area contributed by atoms with Crippen molar-refractivity contribution >= 4 is 16.7 Å². The van der Waals surface area contributed by atoms with Gasteiger partial charge in [-0.05, 0) is 31.5 Å². The molecule has 0 unspecified atom stereocenters. The van der Waals surface area contributed by atoms with E-state index in [2.05, 4.69) is 38.1 Å². The molecule has 2 saturated heterocycles. The topological polar surface area (TPSA) is 51.1 Å². The number of pyridine rings is 1. The molecule has 0 radical (unpaired) electrons. The zero-order valence-electron chi connectivity index (χ0n) is 13.5. The van der Waals surface area contributed by atoms with Crippen LogP contribution in [0.1, 0.15) is 12.1 Å². The number of para-hydroxylation sites is 1. The van der Waals surface area contributed by atoms with Gasteiger partial charge >= 0.3 is 0 Å². The number of hydrogen-bond acceptors (Lipinski definition) is 5. The summed E-state index contributed by atoms with van der Waals surface area (Å²) in [6.45, 7) is 3.79. The summed E-state index contributed by atoms with van der Waals surface area (Å²) in [5.41, 5.74) is 2.92. The molecule has 2 bridgehead atoms. The second-order valence-corrected chi connectivity index (χ2v) is 6.55. The van der Waals surface area contributed by atoms with E-state index in [0.717, 1.165) is 53.4 Å². The van der Waals surface area contributed by atoms with Crippen LogP contribution in [0.2, 0.25) is 0 Å². The quantitative estimate of drug-likeness (QED) is 0.727. The number of ether oxygens (including phenoxy) is 1. The Morgan fingerprint density at radius 3 is 2.79 bits per heavy atom. The Hall–Kier alpha value is -2.53. The highest BCUT2D eigenvalue weighted by Gasteiger charge is 2.39. The number of aromatic nitrogens is 3. The molecule has 1 aromatic carbocycles. The van der Waals surface area contributed by atoms with E-state index in [1.165, 1.54) is 0 Å². The lowest BCUT2D eigenvalue weighted by molar-refractivity contribution is 0.0989. The van der Waals surface area contributed by atoms with Crippen LogP contribution in [0.5, 0.6) is 0 Å². The van der Waals surface area contributed by atoms with Crippen LogP contribution in [0.15, 0.2) is 42.6 Å². The van der Waals surface area contributed by atoms with Crippen LogP contribution in [-0.2, 0) is 4.74 Å². The SMILES string of the molecule is Cc1nc(-c2ccc(N3C[C@@H]4C[C@H]3CO4)nc2)nc2ccccc12. The first-order valence-corrected chi connectivity index (χ1v) is 8.36. The molecule has 0 saturated carbocycles. The van der Waals surface area contributed by atoms with Gasteiger partial charge in [-0.3, -0.25) is 0 Å². The molecule has 3 aromatic rings. The molecule has 5 heteroatoms. The van der Waals surface area contributed by atoms with Crippen molar-refractivity contribution in [3.05, 3.63) is 48.3 Å². The average molecular weight is 318 g/mol. The minimum Gasteiger partial charge on any atom is -0.374 e. The molecule has 24 heavy (non-hydrogen) atoms. The lowest BCUT2D eigenvalue weighted by Gasteiger charge is -2.27. The van der Waals surface area contributed by atoms with Crippen LogP contribution in [0, 0.1) is 6.92 Å². The third-order valence-electron chi connectivity index (χ3n) is 4.99. The highest BCUT2D eigenvalue weighted by Crippen LogP contribution is 2.32. The van der Waals surface area contributed by atoms with E-state index < -0.39 is 0 Å². The third-order valence-corrected chi connectivity index (χ3v) is 4.99. The van der Waals surface area contributed by atoms with Gasteiger partial charge in [-0.15, -0.1) is 0 Å². The molecular formula is C19H18N4O. The standard InChI is InChI=1S/C19H18N4O/c1-12-16-4-2-3-5-17(16)22-19(21-12)13-6-7-18(20-9-13)23-10-15-8-14(23)11-24-15/h2-7,9,14-15H,8,10-11H2,1H3/t14-,15-/m0/s1. The van der Waals surface area contributed by atoms with Crippen LogP contribution in [0.4, 0.5) is 5.82 Å². The number of nitrogens with zero attached hydrogens (tertiary/aromatic N) is 4. The van der Waals surface area contributed by atoms with E-state index in [9.17, 15) is 0 Å². The summed E-state index contributed by atoms with van der Waals surface area (Å²) >= 11 is 0. The first-order valence-electron chi connectivity index (χ1n) is 8.36. The summed E-state index contributed by atoms with van der Waals surface area (Å²) in [6, 6.07) is 12.7. The predicted molar refractivity (Wildman–Crippen MR) is 93.0 cm³/mol. The van der Waals surface area contributed by atoms with Crippen molar-refractivity contribution in [1.82, 2.24) is 15.0 Å². The maximum Gasteiger partial charge on any atom is 0.161 e. The van der Waals surface area contributed by atoms with Gasteiger partial charge in [-0.25, -0.2) is 15.0 Å². The van der Waals surface area contributed by atoms with Crippen molar-refractivity contribution in [2.75, 3.05) is 18.1 Å². The molecule has 0 aliphatic carbocycles. The molecule has 5 rings (SSSR count). The maximum absolute atomic E-state index is 5.66. The van der Waals surface area contributed by atoms with E-state index >= 15 is 0 Å². The van der Waals surface area contributed by atoms with Gasteiger partial charge in [0, 0.05) is 29.4 Å². The van der Waals surface area contributed by atoms with E-state index in [0.29, 0.717) is 12.1 Å². The fourth-order valence-corrected chi connectivity index (χ4v) is 3.73. The van der Waals surface area contributed by atoms with Crippen LogP contribution < -0.4 is 4.90 Å². The van der Waals surface area contributed by atoms with Crippen molar-refractivity contribution in [1.29, 1.82) is 0 Å². The normalized spacial score (nSPS) is 22.5. The van der Waals surface area contributed by atoms with E-state index in [-0.39, 0.29) is 0 Å². The molecule has 2 aromatic heterocycles. The smallest absolute Gasteiger partial charge is 0.161 e. The molecule has 2 fully saturated rings. The van der Waals surface area contributed by atoms with Gasteiger partial charge in [0.05, 0.1) is 24.3 Å². The summed E-state index contributed by atoms with van der Waals surface area (Å²) in [4.78, 5) is 16.3. The number of hydrogen-bond donors (Lipinski definition) is 0. The molecule has 0 amide bonds. The molecule has 4 heterocycles. The summed E-state index contributed by atoms with van der Waals surface area (Å²) in [5, 5.41) is 1.10. The van der Waals surface area contributed by atoms with Crippen molar-refractivity contribution in [2.24, 2.45) is 0 Å². The minimum absolute atomic E-state index is 0.378. The summed E-state index contributed by atoms with van der Waals surface area (Å²) in [5.74, 6) is 1.75. The molecule has 120 valence electrons.